The van der Waals surface area contributed by atoms with Gasteiger partial charge in [0, 0.05) is 29.3 Å². The lowest BCUT2D eigenvalue weighted by atomic mass is 10.1. The van der Waals surface area contributed by atoms with E-state index in [4.69, 9.17) is 0 Å². The Bertz CT molecular complexity index is 655. The first-order chi connectivity index (χ1) is 9.45. The summed E-state index contributed by atoms with van der Waals surface area (Å²) < 4.78 is 39.9. The van der Waals surface area contributed by atoms with Crippen molar-refractivity contribution in [1.82, 2.24) is 20.3 Å². The Morgan fingerprint density at radius 2 is 1.95 bits per heavy atom. The third-order valence-corrected chi connectivity index (χ3v) is 3.38. The van der Waals surface area contributed by atoms with Gasteiger partial charge in [-0.2, -0.15) is 13.2 Å². The van der Waals surface area contributed by atoms with Gasteiger partial charge in [0.1, 0.15) is 5.69 Å². The van der Waals surface area contributed by atoms with Gasteiger partial charge in [-0.05, 0) is 28.1 Å². The van der Waals surface area contributed by atoms with Crippen molar-refractivity contribution in [1.29, 1.82) is 0 Å². The van der Waals surface area contributed by atoms with Crippen molar-refractivity contribution in [3.8, 4) is 11.5 Å². The Hall–Kier alpha value is -1.54. The lowest BCUT2D eigenvalue weighted by Gasteiger charge is -2.11. The van der Waals surface area contributed by atoms with E-state index in [2.05, 4.69) is 36.2 Å². The minimum atomic E-state index is -4.50. The van der Waals surface area contributed by atoms with Gasteiger partial charge in [0.05, 0.1) is 5.69 Å². The van der Waals surface area contributed by atoms with Crippen LogP contribution >= 0.6 is 15.9 Å². The molecule has 0 spiro atoms. The molecule has 0 saturated heterocycles. The van der Waals surface area contributed by atoms with E-state index in [1.807, 2.05) is 0 Å². The molecule has 3 heterocycles. The molecule has 4 nitrogen and oxygen atoms in total. The second-order valence-corrected chi connectivity index (χ2v) is 5.20. The molecule has 8 heteroatoms. The van der Waals surface area contributed by atoms with E-state index < -0.39 is 11.9 Å². The Labute approximate surface area is 120 Å². The number of aromatic nitrogens is 3. The van der Waals surface area contributed by atoms with Crippen molar-refractivity contribution in [2.24, 2.45) is 0 Å². The van der Waals surface area contributed by atoms with Crippen molar-refractivity contribution in [3.63, 3.8) is 0 Å². The Balaban J connectivity index is 2.16. The average molecular weight is 345 g/mol. The first kappa shape index (κ1) is 13.4. The van der Waals surface area contributed by atoms with Crippen LogP contribution in [0.2, 0.25) is 0 Å². The number of alkyl halides is 3. The molecule has 20 heavy (non-hydrogen) atoms. The molecular formula is C12H8BrF3N4. The van der Waals surface area contributed by atoms with Crippen molar-refractivity contribution in [2.75, 3.05) is 0 Å². The fourth-order valence-corrected chi connectivity index (χ4v) is 2.26. The molecule has 104 valence electrons. The summed E-state index contributed by atoms with van der Waals surface area (Å²) >= 11 is 3.22. The monoisotopic (exact) mass is 344 g/mol. The molecular weight excluding hydrogens is 337 g/mol. The second-order valence-electron chi connectivity index (χ2n) is 4.28. The zero-order valence-electron chi connectivity index (χ0n) is 10.00. The topological polar surface area (TPSA) is 50.7 Å². The predicted molar refractivity (Wildman–Crippen MR) is 68.5 cm³/mol. The number of hydrogen-bond acceptors (Lipinski definition) is 4. The number of rotatable bonds is 1. The van der Waals surface area contributed by atoms with Crippen LogP contribution in [0.3, 0.4) is 0 Å². The molecule has 1 aliphatic heterocycles. The maximum Gasteiger partial charge on any atom is 0.433 e. The lowest BCUT2D eigenvalue weighted by molar-refractivity contribution is -0.141. The summed E-state index contributed by atoms with van der Waals surface area (Å²) in [5, 5.41) is 2.86. The number of nitrogens with zero attached hydrogens (tertiary/aromatic N) is 3. The third-order valence-electron chi connectivity index (χ3n) is 2.91. The van der Waals surface area contributed by atoms with Gasteiger partial charge >= 0.3 is 6.18 Å². The van der Waals surface area contributed by atoms with Gasteiger partial charge in [-0.3, -0.25) is 4.98 Å². The van der Waals surface area contributed by atoms with E-state index in [-0.39, 0.29) is 17.9 Å². The SMILES string of the molecule is FC(F)(F)c1nc(-c2ccc(Br)cn2)nc2c1CNC2. The van der Waals surface area contributed by atoms with Gasteiger partial charge in [0.2, 0.25) is 0 Å². The highest BCUT2D eigenvalue weighted by atomic mass is 79.9. The highest BCUT2D eigenvalue weighted by Gasteiger charge is 2.38. The summed E-state index contributed by atoms with van der Waals surface area (Å²) in [5.74, 6) is -0.00715. The van der Waals surface area contributed by atoms with Gasteiger partial charge < -0.3 is 5.32 Å². The highest BCUT2D eigenvalue weighted by molar-refractivity contribution is 9.10. The van der Waals surface area contributed by atoms with Gasteiger partial charge in [-0.1, -0.05) is 0 Å². The van der Waals surface area contributed by atoms with Crippen molar-refractivity contribution in [2.45, 2.75) is 19.3 Å². The second kappa shape index (κ2) is 4.78. The van der Waals surface area contributed by atoms with E-state index >= 15 is 0 Å². The van der Waals surface area contributed by atoms with Crippen LogP contribution in [0.15, 0.2) is 22.8 Å². The van der Waals surface area contributed by atoms with E-state index in [0.717, 1.165) is 4.47 Å². The standard InChI is InChI=1S/C12H8BrF3N4/c13-6-1-2-8(18-3-6)11-19-9-5-17-4-7(9)10(20-11)12(14,15)16/h1-3,17H,4-5H2. The predicted octanol–water partition coefficient (Wildman–Crippen LogP) is 2.92. The molecule has 0 fully saturated rings. The van der Waals surface area contributed by atoms with Crippen LogP contribution in [0.5, 0.6) is 0 Å². The normalized spacial score (nSPS) is 14.4. The number of fused-ring (bicyclic) bond motifs is 1. The molecule has 0 aliphatic carbocycles. The van der Waals surface area contributed by atoms with Gasteiger partial charge in [0.15, 0.2) is 11.5 Å². The van der Waals surface area contributed by atoms with Crippen LogP contribution in [0.25, 0.3) is 11.5 Å². The van der Waals surface area contributed by atoms with Gasteiger partial charge in [-0.25, -0.2) is 9.97 Å². The highest BCUT2D eigenvalue weighted by Crippen LogP contribution is 2.34. The van der Waals surface area contributed by atoms with Crippen LogP contribution in [0.4, 0.5) is 13.2 Å². The number of pyridine rings is 1. The summed E-state index contributed by atoms with van der Waals surface area (Å²) in [6.07, 6.45) is -3.00. The molecule has 0 aromatic carbocycles. The summed E-state index contributed by atoms with van der Waals surface area (Å²) in [6, 6.07) is 3.26. The molecule has 1 N–H and O–H groups in total. The minimum absolute atomic E-state index is 0.00715. The van der Waals surface area contributed by atoms with Crippen molar-refractivity contribution >= 4 is 15.9 Å². The average Bonchev–Trinajstić information content (AvgIpc) is 2.85. The molecule has 0 unspecified atom stereocenters. The van der Waals surface area contributed by atoms with E-state index in [1.165, 1.54) is 6.20 Å². The van der Waals surface area contributed by atoms with E-state index in [9.17, 15) is 13.2 Å². The number of halogens is 4. The fraction of sp³-hybridized carbons (Fsp3) is 0.250. The molecule has 2 aromatic heterocycles. The summed E-state index contributed by atoms with van der Waals surface area (Å²) in [6.45, 7) is 0.447. The molecule has 0 saturated carbocycles. The molecule has 0 radical (unpaired) electrons. The summed E-state index contributed by atoms with van der Waals surface area (Å²) in [7, 11) is 0. The Morgan fingerprint density at radius 3 is 2.60 bits per heavy atom. The Morgan fingerprint density at radius 1 is 1.15 bits per heavy atom. The van der Waals surface area contributed by atoms with Gasteiger partial charge in [-0.15, -0.1) is 0 Å². The Kier molecular flexibility index (Phi) is 3.21. The van der Waals surface area contributed by atoms with E-state index in [1.54, 1.807) is 12.1 Å². The van der Waals surface area contributed by atoms with Crippen LogP contribution in [0.1, 0.15) is 17.0 Å². The van der Waals surface area contributed by atoms with Crippen molar-refractivity contribution < 1.29 is 13.2 Å². The van der Waals surface area contributed by atoms with Crippen LogP contribution in [-0.2, 0) is 19.3 Å². The summed E-state index contributed by atoms with van der Waals surface area (Å²) in [5.41, 5.74) is -0.0639. The maximum absolute atomic E-state index is 13.1. The molecule has 0 amide bonds. The molecule has 2 aromatic rings. The van der Waals surface area contributed by atoms with Crippen LogP contribution < -0.4 is 5.32 Å². The molecule has 3 rings (SSSR count). The minimum Gasteiger partial charge on any atom is -0.307 e. The fourth-order valence-electron chi connectivity index (χ4n) is 2.03. The zero-order chi connectivity index (χ0) is 14.3. The molecule has 0 atom stereocenters. The maximum atomic E-state index is 13.1. The van der Waals surface area contributed by atoms with Crippen LogP contribution in [0, 0.1) is 0 Å². The molecule has 1 aliphatic rings. The van der Waals surface area contributed by atoms with Gasteiger partial charge in [0.25, 0.3) is 0 Å². The van der Waals surface area contributed by atoms with E-state index in [0.29, 0.717) is 17.9 Å². The first-order valence-electron chi connectivity index (χ1n) is 5.75. The smallest absolute Gasteiger partial charge is 0.307 e. The van der Waals surface area contributed by atoms with Crippen molar-refractivity contribution in [3.05, 3.63) is 39.8 Å². The summed E-state index contributed by atoms with van der Waals surface area (Å²) in [4.78, 5) is 11.9. The zero-order valence-corrected chi connectivity index (χ0v) is 11.6. The quantitative estimate of drug-likeness (QED) is 0.864. The first-order valence-corrected chi connectivity index (χ1v) is 6.54. The number of nitrogens with one attached hydrogen (secondary N) is 1. The largest absolute Gasteiger partial charge is 0.433 e. The van der Waals surface area contributed by atoms with Crippen LogP contribution in [-0.4, -0.2) is 15.0 Å². The number of hydrogen-bond donors (Lipinski definition) is 1. The molecule has 0 bridgehead atoms. The third kappa shape index (κ3) is 2.40. The lowest BCUT2D eigenvalue weighted by Crippen LogP contribution is -2.14.